The fourth-order valence-electron chi connectivity index (χ4n) is 2.53. The summed E-state index contributed by atoms with van der Waals surface area (Å²) in [5, 5.41) is 3.28. The van der Waals surface area contributed by atoms with Gasteiger partial charge in [-0.05, 0) is 37.6 Å². The summed E-state index contributed by atoms with van der Waals surface area (Å²) in [6, 6.07) is 2.24. The molecule has 2 aromatic heterocycles. The Morgan fingerprint density at radius 1 is 1.42 bits per heavy atom. The van der Waals surface area contributed by atoms with Crippen molar-refractivity contribution < 1.29 is 13.2 Å². The first-order chi connectivity index (χ1) is 9.04. The zero-order chi connectivity index (χ0) is 13.5. The highest BCUT2D eigenvalue weighted by molar-refractivity contribution is 5.49. The predicted molar refractivity (Wildman–Crippen MR) is 64.9 cm³/mol. The highest BCUT2D eigenvalue weighted by atomic mass is 19.4. The Morgan fingerprint density at radius 3 is 2.95 bits per heavy atom. The first-order valence-electron chi connectivity index (χ1n) is 6.28. The largest absolute Gasteiger partial charge is 0.416 e. The third-order valence-corrected chi connectivity index (χ3v) is 3.57. The number of imidazole rings is 1. The molecule has 19 heavy (non-hydrogen) atoms. The van der Waals surface area contributed by atoms with Crippen LogP contribution >= 0.6 is 0 Å². The van der Waals surface area contributed by atoms with Crippen molar-refractivity contribution >= 4 is 5.52 Å². The second-order valence-electron chi connectivity index (χ2n) is 4.95. The lowest BCUT2D eigenvalue weighted by atomic mass is 10.0. The lowest BCUT2D eigenvalue weighted by Crippen LogP contribution is -2.12. The van der Waals surface area contributed by atoms with E-state index < -0.39 is 11.7 Å². The van der Waals surface area contributed by atoms with Crippen LogP contribution in [-0.4, -0.2) is 22.5 Å². The number of nitrogens with one attached hydrogen (secondary N) is 1. The molecule has 1 atom stereocenters. The van der Waals surface area contributed by atoms with Crippen molar-refractivity contribution in [2.75, 3.05) is 13.1 Å². The van der Waals surface area contributed by atoms with Gasteiger partial charge < -0.3 is 9.72 Å². The molecule has 1 fully saturated rings. The first-order valence-corrected chi connectivity index (χ1v) is 6.28. The second kappa shape index (κ2) is 4.52. The number of hydrogen-bond donors (Lipinski definition) is 1. The summed E-state index contributed by atoms with van der Waals surface area (Å²) in [6.07, 6.45) is 0.555. The van der Waals surface area contributed by atoms with E-state index in [1.54, 1.807) is 4.40 Å². The minimum atomic E-state index is -4.30. The summed E-state index contributed by atoms with van der Waals surface area (Å²) < 4.78 is 39.6. The Kier molecular flexibility index (Phi) is 2.97. The first kappa shape index (κ1) is 12.5. The molecule has 1 unspecified atom stereocenters. The maximum absolute atomic E-state index is 12.6. The monoisotopic (exact) mass is 269 g/mol. The average Bonchev–Trinajstić information content (AvgIpc) is 2.98. The Bertz CT molecular complexity index is 582. The van der Waals surface area contributed by atoms with Gasteiger partial charge in [0.25, 0.3) is 0 Å². The van der Waals surface area contributed by atoms with E-state index in [9.17, 15) is 13.2 Å². The minimum Gasteiger partial charge on any atom is -0.316 e. The number of halogens is 3. The van der Waals surface area contributed by atoms with E-state index in [1.807, 2.05) is 0 Å². The van der Waals surface area contributed by atoms with Gasteiger partial charge in [0.1, 0.15) is 5.82 Å². The van der Waals surface area contributed by atoms with E-state index >= 15 is 0 Å². The third kappa shape index (κ3) is 2.45. The van der Waals surface area contributed by atoms with Crippen LogP contribution in [0.5, 0.6) is 0 Å². The van der Waals surface area contributed by atoms with Gasteiger partial charge in [-0.1, -0.05) is 0 Å². The predicted octanol–water partition coefficient (Wildman–Crippen LogP) is 2.51. The normalized spacial score (nSPS) is 20.3. The molecule has 102 valence electrons. The van der Waals surface area contributed by atoms with Crippen LogP contribution in [0.25, 0.3) is 5.52 Å². The Morgan fingerprint density at radius 2 is 2.26 bits per heavy atom. The number of fused-ring (bicyclic) bond motifs is 1. The van der Waals surface area contributed by atoms with Gasteiger partial charge in [0.15, 0.2) is 0 Å². The number of nitrogens with zero attached hydrogens (tertiary/aromatic N) is 2. The molecule has 0 spiro atoms. The van der Waals surface area contributed by atoms with Gasteiger partial charge in [-0.25, -0.2) is 4.98 Å². The number of rotatable bonds is 2. The van der Waals surface area contributed by atoms with E-state index in [1.165, 1.54) is 12.4 Å². The van der Waals surface area contributed by atoms with Crippen LogP contribution in [0.4, 0.5) is 13.2 Å². The third-order valence-electron chi connectivity index (χ3n) is 3.57. The summed E-state index contributed by atoms with van der Waals surface area (Å²) in [5.41, 5.74) is -0.134. The van der Waals surface area contributed by atoms with Gasteiger partial charge in [0.2, 0.25) is 0 Å². The maximum Gasteiger partial charge on any atom is 0.416 e. The molecule has 0 bridgehead atoms. The molecular weight excluding hydrogens is 255 g/mol. The van der Waals surface area contributed by atoms with Crippen LogP contribution in [0.15, 0.2) is 24.5 Å². The van der Waals surface area contributed by atoms with Gasteiger partial charge in [-0.15, -0.1) is 0 Å². The molecule has 0 radical (unpaired) electrons. The molecule has 0 aliphatic carbocycles. The van der Waals surface area contributed by atoms with Crippen molar-refractivity contribution in [3.05, 3.63) is 35.9 Å². The molecule has 3 heterocycles. The second-order valence-corrected chi connectivity index (χ2v) is 4.95. The van der Waals surface area contributed by atoms with E-state index in [0.29, 0.717) is 11.4 Å². The highest BCUT2D eigenvalue weighted by Crippen LogP contribution is 2.30. The van der Waals surface area contributed by atoms with Crippen LogP contribution in [0.3, 0.4) is 0 Å². The van der Waals surface area contributed by atoms with Gasteiger partial charge in [0.05, 0.1) is 17.3 Å². The Hall–Kier alpha value is -1.56. The molecule has 0 amide bonds. The molecule has 1 saturated heterocycles. The summed E-state index contributed by atoms with van der Waals surface area (Å²) in [4.78, 5) is 4.25. The summed E-state index contributed by atoms with van der Waals surface area (Å²) in [6.45, 7) is 1.96. The summed E-state index contributed by atoms with van der Waals surface area (Å²) in [5.74, 6) is 1.35. The Balaban J connectivity index is 1.91. The van der Waals surface area contributed by atoms with Crippen LogP contribution in [-0.2, 0) is 12.6 Å². The molecule has 1 N–H and O–H groups in total. The van der Waals surface area contributed by atoms with Crippen molar-refractivity contribution in [3.63, 3.8) is 0 Å². The number of alkyl halides is 3. The molecule has 1 aliphatic rings. The van der Waals surface area contributed by atoms with Crippen LogP contribution in [0, 0.1) is 5.92 Å². The molecule has 6 heteroatoms. The molecule has 1 aliphatic heterocycles. The van der Waals surface area contributed by atoms with Crippen LogP contribution < -0.4 is 5.32 Å². The molecule has 0 saturated carbocycles. The quantitative estimate of drug-likeness (QED) is 0.907. The SMILES string of the molecule is FC(F)(F)c1ccn2c(CC3CCNC3)ncc2c1. The van der Waals surface area contributed by atoms with Crippen molar-refractivity contribution in [2.24, 2.45) is 5.92 Å². The van der Waals surface area contributed by atoms with Crippen molar-refractivity contribution in [1.29, 1.82) is 0 Å². The topological polar surface area (TPSA) is 29.3 Å². The van der Waals surface area contributed by atoms with Gasteiger partial charge in [0, 0.05) is 12.6 Å². The molecule has 0 aromatic carbocycles. The fourth-order valence-corrected chi connectivity index (χ4v) is 2.53. The van der Waals surface area contributed by atoms with Crippen molar-refractivity contribution in [2.45, 2.75) is 19.0 Å². The fraction of sp³-hybridized carbons (Fsp3) is 0.462. The summed E-state index contributed by atoms with van der Waals surface area (Å²) >= 11 is 0. The average molecular weight is 269 g/mol. The van der Waals surface area contributed by atoms with Gasteiger partial charge >= 0.3 is 6.18 Å². The van der Waals surface area contributed by atoms with E-state index in [-0.39, 0.29) is 0 Å². The van der Waals surface area contributed by atoms with Gasteiger partial charge in [-0.3, -0.25) is 0 Å². The maximum atomic E-state index is 12.6. The van der Waals surface area contributed by atoms with Crippen molar-refractivity contribution in [3.8, 4) is 0 Å². The molecule has 3 rings (SSSR count). The van der Waals surface area contributed by atoms with Crippen LogP contribution in [0.1, 0.15) is 17.8 Å². The van der Waals surface area contributed by atoms with E-state index in [2.05, 4.69) is 10.3 Å². The molecular formula is C13H14F3N3. The highest BCUT2D eigenvalue weighted by Gasteiger charge is 2.30. The lowest BCUT2D eigenvalue weighted by Gasteiger charge is -2.09. The van der Waals surface area contributed by atoms with Crippen LogP contribution in [0.2, 0.25) is 0 Å². The van der Waals surface area contributed by atoms with Gasteiger partial charge in [-0.2, -0.15) is 13.2 Å². The number of aromatic nitrogens is 2. The summed E-state index contributed by atoms with van der Waals surface area (Å²) in [7, 11) is 0. The molecule has 3 nitrogen and oxygen atoms in total. The number of hydrogen-bond acceptors (Lipinski definition) is 2. The zero-order valence-corrected chi connectivity index (χ0v) is 10.2. The number of pyridine rings is 1. The smallest absolute Gasteiger partial charge is 0.316 e. The minimum absolute atomic E-state index is 0.496. The Labute approximate surface area is 108 Å². The van der Waals surface area contributed by atoms with Crippen molar-refractivity contribution in [1.82, 2.24) is 14.7 Å². The lowest BCUT2D eigenvalue weighted by molar-refractivity contribution is -0.137. The zero-order valence-electron chi connectivity index (χ0n) is 10.2. The van der Waals surface area contributed by atoms with E-state index in [4.69, 9.17) is 0 Å². The van der Waals surface area contributed by atoms with E-state index in [0.717, 1.165) is 43.9 Å². The standard InChI is InChI=1S/C13H14F3N3/c14-13(15,16)10-2-4-19-11(6-10)8-18-12(19)5-9-1-3-17-7-9/h2,4,6,8-9,17H,1,3,5,7H2. The molecule has 2 aromatic rings.